The molecule has 0 saturated carbocycles. The Morgan fingerprint density at radius 2 is 0.628 bits per heavy atom. The predicted molar refractivity (Wildman–Crippen MR) is 323 cm³/mol. The first-order valence-corrected chi connectivity index (χ1v) is 33.9. The second kappa shape index (κ2) is 56.6. The SMILES string of the molecule is CCCCCCCCSCC(C)C(=O)OCCOC(=O)CCN(CCNCC)CCNCCN(CCC(=O)OCCOC(=O)C(C)CSCCCCCCCC)CCC(=O)OCCOC(=O)C(C)CSCCCCCCCC. The summed E-state index contributed by atoms with van der Waals surface area (Å²) in [6.45, 7) is 20.2. The summed E-state index contributed by atoms with van der Waals surface area (Å²) in [7, 11) is 0. The van der Waals surface area contributed by atoms with Crippen molar-refractivity contribution in [3.8, 4) is 0 Å². The third kappa shape index (κ3) is 49.5. The monoisotopic (exact) mass is 1160 g/mol. The van der Waals surface area contributed by atoms with Crippen LogP contribution in [0.3, 0.4) is 0 Å². The Bertz CT molecular complexity index is 1410. The molecule has 0 heterocycles. The van der Waals surface area contributed by atoms with E-state index >= 15 is 0 Å². The Kier molecular flexibility index (Phi) is 54.9. The van der Waals surface area contributed by atoms with Gasteiger partial charge in [-0.05, 0) is 43.1 Å². The van der Waals surface area contributed by atoms with Crippen LogP contribution in [0.5, 0.6) is 0 Å². The maximum absolute atomic E-state index is 12.8. The highest BCUT2D eigenvalue weighted by atomic mass is 32.2. The van der Waals surface area contributed by atoms with Crippen molar-refractivity contribution in [1.82, 2.24) is 20.4 Å². The van der Waals surface area contributed by atoms with Crippen molar-refractivity contribution in [2.24, 2.45) is 17.8 Å². The van der Waals surface area contributed by atoms with E-state index in [1.54, 1.807) is 35.3 Å². The Labute approximate surface area is 487 Å². The molecule has 0 aromatic carbocycles. The Morgan fingerprint density at radius 3 is 0.936 bits per heavy atom. The summed E-state index contributed by atoms with van der Waals surface area (Å²) < 4.78 is 32.4. The van der Waals surface area contributed by atoms with Crippen LogP contribution in [0.1, 0.15) is 183 Å². The molecule has 0 aliphatic carbocycles. The first kappa shape index (κ1) is 75.7. The van der Waals surface area contributed by atoms with Crippen molar-refractivity contribution in [2.75, 3.05) is 140 Å². The quantitative estimate of drug-likeness (QED) is 0.0332. The fraction of sp³-hybridized carbons (Fsp3) is 0.898. The van der Waals surface area contributed by atoms with Gasteiger partial charge in [0.05, 0.1) is 37.0 Å². The van der Waals surface area contributed by atoms with Crippen LogP contribution in [0.15, 0.2) is 0 Å². The zero-order valence-electron chi connectivity index (χ0n) is 50.2. The number of carbonyl (C=O) groups excluding carboxylic acids is 6. The van der Waals surface area contributed by atoms with E-state index < -0.39 is 11.9 Å². The molecule has 0 aromatic rings. The minimum absolute atomic E-state index is 0.00885. The highest BCUT2D eigenvalue weighted by Crippen LogP contribution is 2.17. The van der Waals surface area contributed by atoms with Crippen molar-refractivity contribution in [1.29, 1.82) is 0 Å². The van der Waals surface area contributed by atoms with Crippen LogP contribution in [0, 0.1) is 17.8 Å². The normalized spacial score (nSPS) is 12.6. The number of unbranched alkanes of at least 4 members (excludes halogenated alkanes) is 15. The number of hydrogen-bond acceptors (Lipinski definition) is 19. The highest BCUT2D eigenvalue weighted by Gasteiger charge is 2.19. The van der Waals surface area contributed by atoms with Gasteiger partial charge in [0, 0.05) is 76.2 Å². The lowest BCUT2D eigenvalue weighted by Crippen LogP contribution is -2.40. The zero-order valence-corrected chi connectivity index (χ0v) is 52.6. The van der Waals surface area contributed by atoms with E-state index in [4.69, 9.17) is 28.4 Å². The summed E-state index contributed by atoms with van der Waals surface area (Å²) in [4.78, 5) is 80.1. The molecule has 3 unspecified atom stereocenters. The van der Waals surface area contributed by atoms with Crippen molar-refractivity contribution >= 4 is 71.1 Å². The van der Waals surface area contributed by atoms with E-state index in [-0.39, 0.29) is 101 Å². The lowest BCUT2D eigenvalue weighted by Gasteiger charge is -2.24. The molecule has 458 valence electrons. The molecule has 0 fully saturated rings. The van der Waals surface area contributed by atoms with Gasteiger partial charge >= 0.3 is 35.8 Å². The van der Waals surface area contributed by atoms with E-state index in [0.29, 0.717) is 57.3 Å². The molecule has 2 N–H and O–H groups in total. The fourth-order valence-electron chi connectivity index (χ4n) is 7.91. The van der Waals surface area contributed by atoms with E-state index in [2.05, 4.69) is 36.3 Å². The molecule has 0 aliphatic heterocycles. The number of nitrogens with one attached hydrogen (secondary N) is 2. The average molecular weight is 1170 g/mol. The largest absolute Gasteiger partial charge is 0.462 e. The van der Waals surface area contributed by atoms with E-state index in [1.807, 2.05) is 32.6 Å². The zero-order chi connectivity index (χ0) is 57.5. The van der Waals surface area contributed by atoms with Crippen molar-refractivity contribution in [3.63, 3.8) is 0 Å². The number of nitrogens with zero attached hydrogens (tertiary/aromatic N) is 2. The molecule has 3 atom stereocenters. The number of hydrogen-bond donors (Lipinski definition) is 2. The van der Waals surface area contributed by atoms with Crippen LogP contribution < -0.4 is 10.6 Å². The maximum Gasteiger partial charge on any atom is 0.309 e. The molecule has 0 aliphatic rings. The number of rotatable bonds is 58. The first-order valence-electron chi connectivity index (χ1n) is 30.4. The van der Waals surface area contributed by atoms with Gasteiger partial charge in [-0.1, -0.05) is 145 Å². The van der Waals surface area contributed by atoms with Crippen LogP contribution in [-0.4, -0.2) is 185 Å². The van der Waals surface area contributed by atoms with Crippen LogP contribution in [0.4, 0.5) is 0 Å². The molecule has 0 radical (unpaired) electrons. The minimum atomic E-state index is -0.431. The predicted octanol–water partition coefficient (Wildman–Crippen LogP) is 10.4. The third-order valence-electron chi connectivity index (χ3n) is 13.0. The number of thioether (sulfide) groups is 3. The van der Waals surface area contributed by atoms with Crippen LogP contribution in [0.25, 0.3) is 0 Å². The topological polar surface area (TPSA) is 188 Å². The fourth-order valence-corrected chi connectivity index (χ4v) is 11.1. The molecule has 0 bridgehead atoms. The number of ether oxygens (including phenoxy) is 6. The van der Waals surface area contributed by atoms with E-state index in [1.165, 1.54) is 103 Å². The molecular formula is C59H112N4O12S3. The van der Waals surface area contributed by atoms with Gasteiger partial charge in [0.25, 0.3) is 0 Å². The molecule has 0 saturated heterocycles. The number of likely N-dealkylation sites (N-methyl/N-ethyl adjacent to an activating group) is 1. The van der Waals surface area contributed by atoms with Gasteiger partial charge < -0.3 is 48.9 Å². The Balaban J connectivity index is 4.97. The van der Waals surface area contributed by atoms with Gasteiger partial charge in [0.2, 0.25) is 0 Å². The third-order valence-corrected chi connectivity index (χ3v) is 16.9. The Hall–Kier alpha value is -2.29. The lowest BCUT2D eigenvalue weighted by atomic mass is 10.1. The van der Waals surface area contributed by atoms with Gasteiger partial charge in [-0.15, -0.1) is 0 Å². The van der Waals surface area contributed by atoms with E-state index in [9.17, 15) is 28.8 Å². The Morgan fingerprint density at radius 1 is 0.359 bits per heavy atom. The first-order chi connectivity index (χ1) is 37.9. The van der Waals surface area contributed by atoms with E-state index in [0.717, 1.165) is 55.5 Å². The number of carbonyl (C=O) groups is 6. The highest BCUT2D eigenvalue weighted by molar-refractivity contribution is 7.99. The van der Waals surface area contributed by atoms with Crippen LogP contribution in [0.2, 0.25) is 0 Å². The van der Waals surface area contributed by atoms with Crippen molar-refractivity contribution in [3.05, 3.63) is 0 Å². The average Bonchev–Trinajstić information content (AvgIpc) is 3.43. The summed E-state index contributed by atoms with van der Waals surface area (Å²) in [5.74, 6) is 2.46. The summed E-state index contributed by atoms with van der Waals surface area (Å²) in [6, 6.07) is 0. The van der Waals surface area contributed by atoms with Gasteiger partial charge in [-0.3, -0.25) is 28.8 Å². The van der Waals surface area contributed by atoms with Crippen molar-refractivity contribution in [2.45, 2.75) is 183 Å². The lowest BCUT2D eigenvalue weighted by molar-refractivity contribution is -0.154. The maximum atomic E-state index is 12.8. The van der Waals surface area contributed by atoms with Gasteiger partial charge in [-0.25, -0.2) is 0 Å². The summed E-state index contributed by atoms with van der Waals surface area (Å²) in [6.07, 6.45) is 22.8. The van der Waals surface area contributed by atoms with Gasteiger partial charge in [0.15, 0.2) is 0 Å². The molecule has 19 heteroatoms. The van der Waals surface area contributed by atoms with Gasteiger partial charge in [0.1, 0.15) is 39.6 Å². The summed E-state index contributed by atoms with van der Waals surface area (Å²) in [5, 5.41) is 6.81. The molecule has 78 heavy (non-hydrogen) atoms. The summed E-state index contributed by atoms with van der Waals surface area (Å²) >= 11 is 5.33. The molecular weight excluding hydrogens is 1050 g/mol. The van der Waals surface area contributed by atoms with Gasteiger partial charge in [-0.2, -0.15) is 35.3 Å². The smallest absolute Gasteiger partial charge is 0.309 e. The second-order valence-electron chi connectivity index (χ2n) is 20.4. The molecule has 0 aromatic heterocycles. The molecule has 16 nitrogen and oxygen atoms in total. The van der Waals surface area contributed by atoms with Crippen LogP contribution in [-0.2, 0) is 57.2 Å². The second-order valence-corrected chi connectivity index (χ2v) is 23.9. The summed E-state index contributed by atoms with van der Waals surface area (Å²) in [5.41, 5.74) is 0. The standard InChI is InChI=1S/C59H112N4O12S3/c1-8-12-15-18-21-24-45-76-48-51(5)57(67)73-42-39-70-54(64)27-33-62(34-28-55(65)71-40-43-74-58(68)52(6)49-77-46-25-22-19-16-13-9-2)37-31-61-32-38-63(36-30-60-11-4)35-29-56(66)72-41-44-75-59(69)53(7)50-78-47-26-23-20-17-14-10-3/h51-53,60-61H,8-50H2,1-7H3. The van der Waals surface area contributed by atoms with Crippen molar-refractivity contribution < 1.29 is 57.2 Å². The molecule has 0 rings (SSSR count). The van der Waals surface area contributed by atoms with Crippen LogP contribution >= 0.6 is 35.3 Å². The number of esters is 6. The minimum Gasteiger partial charge on any atom is -0.462 e. The molecule has 0 spiro atoms. The molecule has 0 amide bonds.